The number of carbonyl (C=O) groups excluding carboxylic acids is 2. The van der Waals surface area contributed by atoms with E-state index in [0.717, 1.165) is 12.8 Å². The Balaban J connectivity index is 0.000000640. The van der Waals surface area contributed by atoms with E-state index in [2.05, 4.69) is 0 Å². The Labute approximate surface area is 84.0 Å². The molecular weight excluding hydrogens is 144 g/mol. The molecule has 0 aromatic carbocycles. The summed E-state index contributed by atoms with van der Waals surface area (Å²) in [6, 6.07) is 0. The molecule has 0 aliphatic heterocycles. The van der Waals surface area contributed by atoms with Gasteiger partial charge in [0.15, 0.2) is 11.6 Å². The molecule has 3 heteroatoms. The Kier molecular flexibility index (Phi) is 4.72. The van der Waals surface area contributed by atoms with Crippen molar-refractivity contribution in [1.82, 2.24) is 0 Å². The Morgan fingerprint density at radius 1 is 0.889 bits per heavy atom. The fraction of sp³-hybridized carbons (Fsp3) is 0.667. The molecule has 0 atom stereocenters. The Morgan fingerprint density at radius 2 is 1.22 bits per heavy atom. The van der Waals surface area contributed by atoms with Crippen molar-refractivity contribution in [3.05, 3.63) is 0 Å². The zero-order valence-electron chi connectivity index (χ0n) is 4.64. The number of Topliss-reactive ketones (excluding diaryl/α,β-unsaturated/α-hetero) is 2. The first kappa shape index (κ1) is 9.60. The number of ketones is 2. The van der Waals surface area contributed by atoms with Gasteiger partial charge in [0.2, 0.25) is 0 Å². The zero-order valence-corrected chi connectivity index (χ0v) is 4.64. The Bertz CT molecular complexity index is 115. The quantitative estimate of drug-likeness (QED) is 0.357. The van der Waals surface area contributed by atoms with E-state index < -0.39 is 0 Å². The van der Waals surface area contributed by atoms with Crippen molar-refractivity contribution >= 4 is 49.3 Å². The molecular formula is C6H10CaO2. The molecule has 1 rings (SSSR count). The van der Waals surface area contributed by atoms with E-state index in [4.69, 9.17) is 0 Å². The minimum absolute atomic E-state index is 0. The molecule has 0 N–H and O–H groups in total. The standard InChI is InChI=1S/C6H8O2.Ca.2H/c7-5-3-1-2-4-6(5)8;;;/h1-4H2;;;. The van der Waals surface area contributed by atoms with Crippen molar-refractivity contribution in [2.75, 3.05) is 0 Å². The fourth-order valence-corrected chi connectivity index (χ4v) is 0.850. The van der Waals surface area contributed by atoms with E-state index >= 15 is 0 Å². The number of hydrogen-bond acceptors (Lipinski definition) is 2. The first-order valence-corrected chi connectivity index (χ1v) is 2.87. The van der Waals surface area contributed by atoms with Crippen LogP contribution < -0.4 is 0 Å². The van der Waals surface area contributed by atoms with Crippen molar-refractivity contribution in [2.24, 2.45) is 0 Å². The summed E-state index contributed by atoms with van der Waals surface area (Å²) in [6.45, 7) is 0. The van der Waals surface area contributed by atoms with E-state index in [9.17, 15) is 9.59 Å². The van der Waals surface area contributed by atoms with Crippen molar-refractivity contribution < 1.29 is 9.59 Å². The third-order valence-electron chi connectivity index (χ3n) is 1.37. The normalized spacial score (nSPS) is 19.1. The minimum atomic E-state index is -0.170. The van der Waals surface area contributed by atoms with Gasteiger partial charge in [-0.1, -0.05) is 0 Å². The van der Waals surface area contributed by atoms with Gasteiger partial charge in [-0.25, -0.2) is 0 Å². The zero-order chi connectivity index (χ0) is 5.98. The second-order valence-corrected chi connectivity index (χ2v) is 2.05. The van der Waals surface area contributed by atoms with Crippen LogP contribution in [0, 0.1) is 0 Å². The van der Waals surface area contributed by atoms with Crippen LogP contribution in [0.4, 0.5) is 0 Å². The molecule has 48 valence electrons. The first-order valence-electron chi connectivity index (χ1n) is 2.87. The second kappa shape index (κ2) is 4.42. The maximum atomic E-state index is 10.4. The molecule has 9 heavy (non-hydrogen) atoms. The SMILES string of the molecule is O=C1CCCCC1=O.[CaH2]. The molecule has 0 aromatic heterocycles. The van der Waals surface area contributed by atoms with Gasteiger partial charge in [0.05, 0.1) is 0 Å². The van der Waals surface area contributed by atoms with Gasteiger partial charge in [-0.2, -0.15) is 0 Å². The molecule has 0 heterocycles. The summed E-state index contributed by atoms with van der Waals surface area (Å²) in [5.41, 5.74) is 0. The molecule has 0 bridgehead atoms. The molecule has 0 aromatic rings. The van der Waals surface area contributed by atoms with Gasteiger partial charge in [-0.3, -0.25) is 9.59 Å². The van der Waals surface area contributed by atoms with Gasteiger partial charge in [0, 0.05) is 12.8 Å². The van der Waals surface area contributed by atoms with Gasteiger partial charge >= 0.3 is 37.7 Å². The van der Waals surface area contributed by atoms with E-state index in [1.54, 1.807) is 0 Å². The predicted molar refractivity (Wildman–Crippen MR) is 37.0 cm³/mol. The molecule has 1 aliphatic carbocycles. The molecule has 1 saturated carbocycles. The summed E-state index contributed by atoms with van der Waals surface area (Å²) in [6.07, 6.45) is 2.78. The summed E-state index contributed by atoms with van der Waals surface area (Å²) < 4.78 is 0. The second-order valence-electron chi connectivity index (χ2n) is 2.05. The van der Waals surface area contributed by atoms with Crippen LogP contribution in [-0.2, 0) is 9.59 Å². The summed E-state index contributed by atoms with van der Waals surface area (Å²) in [4.78, 5) is 20.9. The van der Waals surface area contributed by atoms with Crippen molar-refractivity contribution in [3.8, 4) is 0 Å². The van der Waals surface area contributed by atoms with Crippen LogP contribution in [0.25, 0.3) is 0 Å². The summed E-state index contributed by atoms with van der Waals surface area (Å²) in [5, 5.41) is 0. The molecule has 0 saturated heterocycles. The van der Waals surface area contributed by atoms with Crippen LogP contribution in [0.15, 0.2) is 0 Å². The van der Waals surface area contributed by atoms with Crippen molar-refractivity contribution in [1.29, 1.82) is 0 Å². The third-order valence-corrected chi connectivity index (χ3v) is 1.37. The molecule has 0 unspecified atom stereocenters. The monoisotopic (exact) mass is 154 g/mol. The number of carbonyl (C=O) groups is 2. The maximum absolute atomic E-state index is 10.4. The summed E-state index contributed by atoms with van der Waals surface area (Å²) in [5.74, 6) is -0.340. The average molecular weight is 154 g/mol. The van der Waals surface area contributed by atoms with E-state index in [0.29, 0.717) is 12.8 Å². The van der Waals surface area contributed by atoms with Crippen molar-refractivity contribution in [2.45, 2.75) is 25.7 Å². The summed E-state index contributed by atoms with van der Waals surface area (Å²) in [7, 11) is 0. The fourth-order valence-electron chi connectivity index (χ4n) is 0.850. The average Bonchev–Trinajstić information content (AvgIpc) is 1.77. The molecule has 0 spiro atoms. The van der Waals surface area contributed by atoms with Gasteiger partial charge in [0.25, 0.3) is 0 Å². The first-order chi connectivity index (χ1) is 3.80. The van der Waals surface area contributed by atoms with Crippen LogP contribution in [0.3, 0.4) is 0 Å². The van der Waals surface area contributed by atoms with E-state index in [1.165, 1.54) is 0 Å². The predicted octanol–water partition coefficient (Wildman–Crippen LogP) is -0.218. The van der Waals surface area contributed by atoms with E-state index in [-0.39, 0.29) is 49.3 Å². The van der Waals surface area contributed by atoms with Crippen molar-refractivity contribution in [3.63, 3.8) is 0 Å². The molecule has 1 aliphatic rings. The van der Waals surface area contributed by atoms with Gasteiger partial charge in [0.1, 0.15) is 0 Å². The van der Waals surface area contributed by atoms with E-state index in [1.807, 2.05) is 0 Å². The molecule has 2 nitrogen and oxygen atoms in total. The molecule has 0 amide bonds. The van der Waals surface area contributed by atoms with Gasteiger partial charge in [-0.15, -0.1) is 0 Å². The van der Waals surface area contributed by atoms with Crippen LogP contribution >= 0.6 is 0 Å². The third kappa shape index (κ3) is 2.78. The summed E-state index contributed by atoms with van der Waals surface area (Å²) >= 11 is 0. The number of hydrogen-bond donors (Lipinski definition) is 0. The molecule has 1 fully saturated rings. The van der Waals surface area contributed by atoms with Gasteiger partial charge < -0.3 is 0 Å². The Hall–Kier alpha value is 0.600. The van der Waals surface area contributed by atoms with Crippen LogP contribution in [0.1, 0.15) is 25.7 Å². The molecule has 0 radical (unpaired) electrons. The Morgan fingerprint density at radius 3 is 1.44 bits per heavy atom. The number of rotatable bonds is 0. The van der Waals surface area contributed by atoms with Crippen LogP contribution in [0.5, 0.6) is 0 Å². The van der Waals surface area contributed by atoms with Gasteiger partial charge in [-0.05, 0) is 12.8 Å². The van der Waals surface area contributed by atoms with Crippen LogP contribution in [-0.4, -0.2) is 49.3 Å². The topological polar surface area (TPSA) is 34.1 Å². The van der Waals surface area contributed by atoms with Crippen LogP contribution in [0.2, 0.25) is 0 Å².